The third-order valence-corrected chi connectivity index (χ3v) is 3.38. The van der Waals surface area contributed by atoms with E-state index < -0.39 is 17.3 Å². The van der Waals surface area contributed by atoms with Crippen LogP contribution in [-0.2, 0) is 5.54 Å². The average Bonchev–Trinajstić information content (AvgIpc) is 2.65. The van der Waals surface area contributed by atoms with E-state index in [4.69, 9.17) is 10.8 Å². The van der Waals surface area contributed by atoms with Crippen LogP contribution in [0.25, 0.3) is 0 Å². The summed E-state index contributed by atoms with van der Waals surface area (Å²) in [5, 5.41) is 28.1. The van der Waals surface area contributed by atoms with Crippen LogP contribution in [0, 0.1) is 0 Å². The maximum absolute atomic E-state index is 10.9. The van der Waals surface area contributed by atoms with Crippen LogP contribution in [0.2, 0.25) is 0 Å². The number of phenols is 2. The van der Waals surface area contributed by atoms with Gasteiger partial charge >= 0.3 is 5.97 Å². The Kier molecular flexibility index (Phi) is 2.71. The summed E-state index contributed by atoms with van der Waals surface area (Å²) in [6, 6.07) is 2.32. The molecule has 1 aliphatic rings. The minimum Gasteiger partial charge on any atom is -0.507 e. The van der Waals surface area contributed by atoms with Crippen molar-refractivity contribution in [3.05, 3.63) is 23.3 Å². The van der Waals surface area contributed by atoms with Crippen molar-refractivity contribution in [2.45, 2.75) is 31.2 Å². The number of phenolic OH excluding ortho intramolecular Hbond substituents is 1. The normalized spacial score (nSPS) is 18.2. The second kappa shape index (κ2) is 3.92. The Morgan fingerprint density at radius 2 is 1.76 bits per heavy atom. The van der Waals surface area contributed by atoms with Crippen molar-refractivity contribution in [1.29, 1.82) is 0 Å². The molecule has 0 bridgehead atoms. The maximum atomic E-state index is 10.9. The van der Waals surface area contributed by atoms with Gasteiger partial charge in [-0.25, -0.2) is 4.79 Å². The molecule has 92 valence electrons. The molecule has 0 unspecified atom stereocenters. The first-order valence-electron chi connectivity index (χ1n) is 5.53. The quantitative estimate of drug-likeness (QED) is 0.624. The van der Waals surface area contributed by atoms with Gasteiger partial charge in [0.05, 0.1) is 0 Å². The Bertz CT molecular complexity index is 464. The van der Waals surface area contributed by atoms with Crippen LogP contribution in [0.5, 0.6) is 11.5 Å². The van der Waals surface area contributed by atoms with Gasteiger partial charge in [-0.1, -0.05) is 12.8 Å². The molecule has 0 aromatic heterocycles. The molecule has 5 N–H and O–H groups in total. The number of benzene rings is 1. The summed E-state index contributed by atoms with van der Waals surface area (Å²) in [6.07, 6.45) is 3.34. The highest BCUT2D eigenvalue weighted by Crippen LogP contribution is 2.42. The fourth-order valence-electron chi connectivity index (χ4n) is 2.42. The van der Waals surface area contributed by atoms with Gasteiger partial charge in [0.2, 0.25) is 0 Å². The molecule has 1 fully saturated rings. The number of nitrogens with two attached hydrogens (primary N) is 1. The van der Waals surface area contributed by atoms with Crippen LogP contribution >= 0.6 is 0 Å². The van der Waals surface area contributed by atoms with E-state index in [1.165, 1.54) is 6.07 Å². The molecule has 0 saturated heterocycles. The molecular formula is C12H15NO4. The Morgan fingerprint density at radius 3 is 2.29 bits per heavy atom. The van der Waals surface area contributed by atoms with Gasteiger partial charge in [-0.15, -0.1) is 0 Å². The summed E-state index contributed by atoms with van der Waals surface area (Å²) in [5.74, 6) is -1.82. The van der Waals surface area contributed by atoms with Gasteiger partial charge in [0.25, 0.3) is 0 Å². The zero-order valence-corrected chi connectivity index (χ0v) is 9.31. The van der Waals surface area contributed by atoms with Crippen molar-refractivity contribution in [2.75, 3.05) is 0 Å². The Morgan fingerprint density at radius 1 is 1.18 bits per heavy atom. The number of carboxylic acid groups (broad SMARTS) is 1. The molecule has 1 saturated carbocycles. The molecule has 0 amide bonds. The molecular weight excluding hydrogens is 222 g/mol. The SMILES string of the molecule is NC1(c2cc(C(=O)O)c(O)cc2O)CCCC1. The fourth-order valence-corrected chi connectivity index (χ4v) is 2.42. The van der Waals surface area contributed by atoms with Crippen molar-refractivity contribution in [3.8, 4) is 11.5 Å². The van der Waals surface area contributed by atoms with Crippen LogP contribution in [0.1, 0.15) is 41.6 Å². The molecule has 0 aliphatic heterocycles. The second-order valence-corrected chi connectivity index (χ2v) is 4.55. The van der Waals surface area contributed by atoms with Crippen molar-refractivity contribution >= 4 is 5.97 Å². The third-order valence-electron chi connectivity index (χ3n) is 3.38. The lowest BCUT2D eigenvalue weighted by Gasteiger charge is -2.25. The summed E-state index contributed by atoms with van der Waals surface area (Å²) < 4.78 is 0. The number of carbonyl (C=O) groups is 1. The number of hydrogen-bond donors (Lipinski definition) is 4. The highest BCUT2D eigenvalue weighted by Gasteiger charge is 2.34. The topological polar surface area (TPSA) is 104 Å². The van der Waals surface area contributed by atoms with E-state index >= 15 is 0 Å². The highest BCUT2D eigenvalue weighted by atomic mass is 16.4. The summed E-state index contributed by atoms with van der Waals surface area (Å²) >= 11 is 0. The van der Waals surface area contributed by atoms with Gasteiger partial charge < -0.3 is 21.1 Å². The van der Waals surface area contributed by atoms with Crippen LogP contribution in [0.4, 0.5) is 0 Å². The Labute approximate surface area is 98.5 Å². The van der Waals surface area contributed by atoms with E-state index in [9.17, 15) is 15.0 Å². The Balaban J connectivity index is 2.54. The fraction of sp³-hybridized carbons (Fsp3) is 0.417. The standard InChI is InChI=1S/C12H15NO4/c13-12(3-1-2-4-12)8-5-7(11(16)17)9(14)6-10(8)15/h5-6,14-15H,1-4,13H2,(H,16,17). The molecule has 0 radical (unpaired) electrons. The summed E-state index contributed by atoms with van der Waals surface area (Å²) in [4.78, 5) is 10.9. The lowest BCUT2D eigenvalue weighted by molar-refractivity contribution is 0.0693. The zero-order chi connectivity index (χ0) is 12.6. The average molecular weight is 237 g/mol. The predicted molar refractivity (Wildman–Crippen MR) is 61.1 cm³/mol. The van der Waals surface area contributed by atoms with Gasteiger partial charge in [0, 0.05) is 17.2 Å². The monoisotopic (exact) mass is 237 g/mol. The molecule has 1 aromatic carbocycles. The molecule has 2 rings (SSSR count). The molecule has 17 heavy (non-hydrogen) atoms. The van der Waals surface area contributed by atoms with Crippen molar-refractivity contribution in [3.63, 3.8) is 0 Å². The minimum absolute atomic E-state index is 0.142. The molecule has 1 aliphatic carbocycles. The van der Waals surface area contributed by atoms with Crippen molar-refractivity contribution in [1.82, 2.24) is 0 Å². The van der Waals surface area contributed by atoms with Crippen LogP contribution in [-0.4, -0.2) is 21.3 Å². The van der Waals surface area contributed by atoms with Gasteiger partial charge in [-0.3, -0.25) is 0 Å². The number of aromatic carboxylic acids is 1. The van der Waals surface area contributed by atoms with Crippen molar-refractivity contribution < 1.29 is 20.1 Å². The van der Waals surface area contributed by atoms with Crippen LogP contribution in [0.15, 0.2) is 12.1 Å². The third kappa shape index (κ3) is 1.93. The molecule has 0 heterocycles. The first-order valence-corrected chi connectivity index (χ1v) is 5.53. The summed E-state index contributed by atoms with van der Waals surface area (Å²) in [6.45, 7) is 0. The van der Waals surface area contributed by atoms with E-state index in [1.807, 2.05) is 0 Å². The molecule has 5 nitrogen and oxygen atoms in total. The lowest BCUT2D eigenvalue weighted by atomic mass is 9.87. The molecule has 0 spiro atoms. The first-order chi connectivity index (χ1) is 7.94. The highest BCUT2D eigenvalue weighted by molar-refractivity contribution is 5.91. The maximum Gasteiger partial charge on any atom is 0.339 e. The molecule has 5 heteroatoms. The van der Waals surface area contributed by atoms with E-state index in [2.05, 4.69) is 0 Å². The number of hydrogen-bond acceptors (Lipinski definition) is 4. The van der Waals surface area contributed by atoms with Gasteiger partial charge in [-0.2, -0.15) is 0 Å². The second-order valence-electron chi connectivity index (χ2n) is 4.55. The summed E-state index contributed by atoms with van der Waals surface area (Å²) in [7, 11) is 0. The van der Waals surface area contributed by atoms with E-state index in [0.29, 0.717) is 18.4 Å². The van der Waals surface area contributed by atoms with Gasteiger partial charge in [0.1, 0.15) is 17.1 Å². The van der Waals surface area contributed by atoms with Gasteiger partial charge in [0.15, 0.2) is 0 Å². The predicted octanol–water partition coefficient (Wildman–Crippen LogP) is 1.52. The summed E-state index contributed by atoms with van der Waals surface area (Å²) in [5.41, 5.74) is 5.67. The van der Waals surface area contributed by atoms with E-state index in [1.54, 1.807) is 0 Å². The molecule has 1 aromatic rings. The number of carboxylic acids is 1. The minimum atomic E-state index is -1.23. The zero-order valence-electron chi connectivity index (χ0n) is 9.31. The molecule has 0 atom stereocenters. The number of rotatable bonds is 2. The first kappa shape index (κ1) is 11.7. The van der Waals surface area contributed by atoms with Gasteiger partial charge in [-0.05, 0) is 18.9 Å². The Hall–Kier alpha value is -1.75. The van der Waals surface area contributed by atoms with Crippen LogP contribution < -0.4 is 5.73 Å². The van der Waals surface area contributed by atoms with E-state index in [-0.39, 0.29) is 11.3 Å². The largest absolute Gasteiger partial charge is 0.507 e. The van der Waals surface area contributed by atoms with Crippen molar-refractivity contribution in [2.24, 2.45) is 5.73 Å². The lowest BCUT2D eigenvalue weighted by Crippen LogP contribution is -2.33. The van der Waals surface area contributed by atoms with Crippen LogP contribution in [0.3, 0.4) is 0 Å². The van der Waals surface area contributed by atoms with E-state index in [0.717, 1.165) is 18.9 Å². The smallest absolute Gasteiger partial charge is 0.339 e. The number of aromatic hydroxyl groups is 2.